The molecule has 320 valence electrons. The normalized spacial score (nSPS) is 11.9. The van der Waals surface area contributed by atoms with Gasteiger partial charge in [0.2, 0.25) is 17.8 Å². The molecule has 59 heavy (non-hydrogen) atoms. The predicted molar refractivity (Wildman–Crippen MR) is 202 cm³/mol. The summed E-state index contributed by atoms with van der Waals surface area (Å²) in [5, 5.41) is 27.0. The van der Waals surface area contributed by atoms with Crippen LogP contribution in [0.25, 0.3) is 0 Å². The molecule has 9 N–H and O–H groups in total. The van der Waals surface area contributed by atoms with Crippen LogP contribution in [0.15, 0.2) is 74.6 Å². The number of nitro groups is 1. The number of benzene rings is 3. The fourth-order valence-electron chi connectivity index (χ4n) is 4.17. The number of aromatic nitrogens is 3. The molecule has 33 heteroatoms. The van der Waals surface area contributed by atoms with Crippen molar-refractivity contribution in [2.24, 2.45) is 10.2 Å². The molecule has 0 unspecified atom stereocenters. The summed E-state index contributed by atoms with van der Waals surface area (Å²) in [4.78, 5) is 21.2. The van der Waals surface area contributed by atoms with E-state index in [9.17, 15) is 52.9 Å². The molecular formula is C26H28N10O18S5. The summed E-state index contributed by atoms with van der Waals surface area (Å²) < 4.78 is 160. The molecule has 1 aromatic heterocycles. The minimum absolute atomic E-state index is 0.0446. The summed E-state index contributed by atoms with van der Waals surface area (Å²) in [5.41, 5.74) is 4.46. The van der Waals surface area contributed by atoms with Crippen molar-refractivity contribution in [2.75, 3.05) is 46.3 Å². The van der Waals surface area contributed by atoms with Gasteiger partial charge in [0.05, 0.1) is 39.3 Å². The lowest BCUT2D eigenvalue weighted by atomic mass is 10.2. The maximum atomic E-state index is 12.1. The number of nitrogens with zero attached hydrogens (tertiary/aromatic N) is 6. The van der Waals surface area contributed by atoms with Crippen LogP contribution >= 0.6 is 0 Å². The van der Waals surface area contributed by atoms with Crippen LogP contribution in [0.2, 0.25) is 0 Å². The summed E-state index contributed by atoms with van der Waals surface area (Å²) in [6.07, 6.45) is -0.184. The average Bonchev–Trinajstić information content (AvgIpc) is 3.08. The summed E-state index contributed by atoms with van der Waals surface area (Å²) in [5.74, 6) is -2.54. The lowest BCUT2D eigenvalue weighted by Crippen LogP contribution is -2.17. The molecule has 0 atom stereocenters. The molecule has 0 aliphatic rings. The number of ether oxygens (including phenoxy) is 1. The van der Waals surface area contributed by atoms with Crippen LogP contribution in [0.4, 0.5) is 52.0 Å². The van der Waals surface area contributed by atoms with E-state index in [2.05, 4.69) is 41.1 Å². The molecule has 0 saturated carbocycles. The van der Waals surface area contributed by atoms with Gasteiger partial charge in [-0.2, -0.15) is 48.6 Å². The van der Waals surface area contributed by atoms with E-state index >= 15 is 0 Å². The number of rotatable bonds is 18. The monoisotopic (exact) mass is 928 g/mol. The fourth-order valence-corrected chi connectivity index (χ4v) is 6.18. The Balaban J connectivity index is 0.00000222. The van der Waals surface area contributed by atoms with Crippen molar-refractivity contribution in [3.63, 3.8) is 0 Å². The van der Waals surface area contributed by atoms with Gasteiger partial charge in [0, 0.05) is 30.4 Å². The molecule has 0 radical (unpaired) electrons. The van der Waals surface area contributed by atoms with Gasteiger partial charge >= 0.3 is 10.6 Å². The van der Waals surface area contributed by atoms with Crippen molar-refractivity contribution >= 4 is 103 Å². The van der Waals surface area contributed by atoms with Gasteiger partial charge in [-0.25, -0.2) is 0 Å². The van der Waals surface area contributed by atoms with Gasteiger partial charge in [-0.05, 0) is 36.8 Å². The molecule has 1 heterocycles. The van der Waals surface area contributed by atoms with Crippen LogP contribution in [-0.2, 0) is 51.1 Å². The third-order valence-electron chi connectivity index (χ3n) is 6.54. The third-order valence-corrected chi connectivity index (χ3v) is 9.80. The van der Waals surface area contributed by atoms with Crippen molar-refractivity contribution in [3.8, 4) is 5.75 Å². The van der Waals surface area contributed by atoms with Crippen LogP contribution in [-0.4, -0.2) is 109 Å². The van der Waals surface area contributed by atoms with Crippen LogP contribution in [0.3, 0.4) is 0 Å². The number of anilines is 6. The summed E-state index contributed by atoms with van der Waals surface area (Å²) in [6, 6.07) is 9.42. The van der Waals surface area contributed by atoms with Crippen molar-refractivity contribution in [3.05, 3.63) is 64.7 Å². The molecule has 0 fully saturated rings. The van der Waals surface area contributed by atoms with E-state index in [0.29, 0.717) is 6.07 Å². The highest BCUT2D eigenvalue weighted by molar-refractivity contribution is 7.86. The number of nitro benzene ring substituents is 1. The van der Waals surface area contributed by atoms with Gasteiger partial charge in [-0.3, -0.25) is 28.3 Å². The zero-order valence-electron chi connectivity index (χ0n) is 29.0. The summed E-state index contributed by atoms with van der Waals surface area (Å²) >= 11 is 0. The number of non-ortho nitro benzene ring substituents is 1. The Bertz CT molecular complexity index is 2820. The number of nitrogen functional groups attached to an aromatic ring is 1. The molecule has 0 aliphatic heterocycles. The second-order valence-electron chi connectivity index (χ2n) is 11.0. The highest BCUT2D eigenvalue weighted by Crippen LogP contribution is 2.38. The molecule has 4 rings (SSSR count). The first-order chi connectivity index (χ1) is 27.2. The van der Waals surface area contributed by atoms with Crippen molar-refractivity contribution < 1.29 is 74.2 Å². The quantitative estimate of drug-likeness (QED) is 0.0176. The Morgan fingerprint density at radius 1 is 0.763 bits per heavy atom. The molecule has 4 aromatic rings. The SMILES string of the molecule is Nc1cc(Nc2nc(NCCS(=O)(=O)O)nc(Nc3cccc(S(=O)(=O)O)c3)n2)c(N=Nc2ccc([N+](=O)[O-])cc2S(=O)(=O)O)cc1OCCCS(=O)(=O)O.O=S(=O)=O. The van der Waals surface area contributed by atoms with Gasteiger partial charge in [-0.1, -0.05) is 6.07 Å². The van der Waals surface area contributed by atoms with Gasteiger partial charge in [0.1, 0.15) is 22.0 Å². The number of hydrogen-bond acceptors (Lipinski definition) is 23. The van der Waals surface area contributed by atoms with E-state index in [1.807, 2.05) is 0 Å². The average molecular weight is 929 g/mol. The van der Waals surface area contributed by atoms with Crippen LogP contribution in [0.5, 0.6) is 5.75 Å². The third kappa shape index (κ3) is 16.4. The molecule has 0 spiro atoms. The number of hydrogen-bond donors (Lipinski definition) is 8. The highest BCUT2D eigenvalue weighted by Gasteiger charge is 2.21. The van der Waals surface area contributed by atoms with Crippen LogP contribution < -0.4 is 26.4 Å². The first kappa shape index (κ1) is 47.3. The van der Waals surface area contributed by atoms with E-state index < -0.39 is 95.2 Å². The Hall–Kier alpha value is -6.07. The molecule has 28 nitrogen and oxygen atoms in total. The van der Waals surface area contributed by atoms with Gasteiger partial charge in [0.15, 0.2) is 0 Å². The van der Waals surface area contributed by atoms with Crippen molar-refractivity contribution in [2.45, 2.75) is 16.2 Å². The minimum atomic E-state index is -5.09. The lowest BCUT2D eigenvalue weighted by molar-refractivity contribution is -0.385. The predicted octanol–water partition coefficient (Wildman–Crippen LogP) is 1.71. The molecule has 3 aromatic carbocycles. The number of nitrogens with two attached hydrogens (primary N) is 1. The van der Waals surface area contributed by atoms with Gasteiger partial charge in [0.25, 0.3) is 46.2 Å². The van der Waals surface area contributed by atoms with E-state index in [1.54, 1.807) is 0 Å². The Labute approximate surface area is 334 Å². The van der Waals surface area contributed by atoms with Crippen molar-refractivity contribution in [1.29, 1.82) is 0 Å². The zero-order chi connectivity index (χ0) is 44.3. The van der Waals surface area contributed by atoms with Crippen LogP contribution in [0, 0.1) is 10.1 Å². The second kappa shape index (κ2) is 19.6. The summed E-state index contributed by atoms with van der Waals surface area (Å²) in [7, 11) is -21.6. The standard InChI is InChI=1S/C26H28N10O15S4.O3S/c27-18-13-20(30-26-32-24(28-7-10-53(42,43)44)31-25(33-26)29-15-3-1-4-17(11-15)54(45,46)47)21(14-22(18)51-8-2-9-52(39,40)41)35-34-19-6-5-16(36(37)38)12-23(19)55(48,49)50;1-4(2)3/h1,3-6,11-14H,2,7-10,27H2,(H,39,40,41)(H,42,43,44)(H,45,46,47)(H,48,49,50)(H3,28,29,30,31,32,33);. The molecular weight excluding hydrogens is 901 g/mol. The number of azo groups is 1. The van der Waals surface area contributed by atoms with E-state index in [-0.39, 0.29) is 59.4 Å². The first-order valence-corrected chi connectivity index (χ1v) is 22.3. The maximum Gasteiger partial charge on any atom is 0.425 e. The largest absolute Gasteiger partial charge is 0.491 e. The zero-order valence-corrected chi connectivity index (χ0v) is 33.1. The Morgan fingerprint density at radius 3 is 1.93 bits per heavy atom. The molecule has 0 aliphatic carbocycles. The van der Waals surface area contributed by atoms with Gasteiger partial charge in [-0.15, -0.1) is 22.9 Å². The molecule has 0 amide bonds. The Kier molecular flexibility index (Phi) is 15.7. The first-order valence-electron chi connectivity index (χ1n) is 15.2. The van der Waals surface area contributed by atoms with E-state index in [4.69, 9.17) is 32.2 Å². The van der Waals surface area contributed by atoms with E-state index in [0.717, 1.165) is 30.3 Å². The Morgan fingerprint density at radius 2 is 1.36 bits per heavy atom. The second-order valence-corrected chi connectivity index (χ2v) is 17.3. The lowest BCUT2D eigenvalue weighted by Gasteiger charge is -2.15. The molecule has 0 bridgehead atoms. The summed E-state index contributed by atoms with van der Waals surface area (Å²) in [6.45, 7) is -0.705. The smallest absolute Gasteiger partial charge is 0.425 e. The minimum Gasteiger partial charge on any atom is -0.491 e. The van der Waals surface area contributed by atoms with Gasteiger partial charge < -0.3 is 26.4 Å². The van der Waals surface area contributed by atoms with Crippen LogP contribution in [0.1, 0.15) is 6.42 Å². The van der Waals surface area contributed by atoms with E-state index in [1.165, 1.54) is 18.2 Å². The van der Waals surface area contributed by atoms with Crippen molar-refractivity contribution in [1.82, 2.24) is 15.0 Å². The topological polar surface area (TPSA) is 447 Å². The maximum absolute atomic E-state index is 12.1. The molecule has 0 saturated heterocycles. The fraction of sp³-hybridized carbons (Fsp3) is 0.192. The number of nitrogens with one attached hydrogen (secondary N) is 3. The highest BCUT2D eigenvalue weighted by atomic mass is 32.2.